The van der Waals surface area contributed by atoms with Gasteiger partial charge in [0, 0.05) is 49.5 Å². The van der Waals surface area contributed by atoms with E-state index in [4.69, 9.17) is 21.1 Å². The van der Waals surface area contributed by atoms with E-state index in [1.165, 1.54) is 22.8 Å². The number of piperazine rings is 1. The van der Waals surface area contributed by atoms with E-state index in [0.717, 1.165) is 50.8 Å². The molecule has 1 saturated heterocycles. The fourth-order valence-corrected chi connectivity index (χ4v) is 9.89. The lowest BCUT2D eigenvalue weighted by atomic mass is 9.72. The molecule has 2 fully saturated rings. The van der Waals surface area contributed by atoms with Crippen LogP contribution in [-0.4, -0.2) is 84.4 Å². The number of carbonyl (C=O) groups excluding carboxylic acids is 1. The number of alkyl halides is 3. The van der Waals surface area contributed by atoms with E-state index in [2.05, 4.69) is 51.0 Å². The van der Waals surface area contributed by atoms with Crippen LogP contribution in [0.5, 0.6) is 17.4 Å². The van der Waals surface area contributed by atoms with Crippen LogP contribution in [0.15, 0.2) is 89.6 Å². The first-order chi connectivity index (χ1) is 30.3. The molecule has 17 heteroatoms. The molecular formula is C47H52ClF3N6O6S. The molecule has 1 aliphatic heterocycles. The zero-order valence-corrected chi connectivity index (χ0v) is 37.5. The summed E-state index contributed by atoms with van der Waals surface area (Å²) in [5.74, 6) is -1.61. The smallest absolute Gasteiger partial charge is 0.421 e. The number of anilines is 1. The van der Waals surface area contributed by atoms with E-state index in [1.807, 2.05) is 16.9 Å². The van der Waals surface area contributed by atoms with Gasteiger partial charge in [-0.1, -0.05) is 49.2 Å². The van der Waals surface area contributed by atoms with Gasteiger partial charge in [-0.05, 0) is 117 Å². The number of rotatable bonds is 12. The molecule has 1 saturated carbocycles. The molecule has 5 aromatic rings. The number of fused-ring (bicyclic) bond motifs is 1. The summed E-state index contributed by atoms with van der Waals surface area (Å²) in [5, 5.41) is 18.5. The van der Waals surface area contributed by atoms with Crippen LogP contribution in [-0.2, 0) is 16.2 Å². The van der Waals surface area contributed by atoms with Crippen LogP contribution in [0.4, 0.5) is 18.9 Å². The Bertz CT molecular complexity index is 2650. The molecule has 8 rings (SSSR count). The molecule has 12 nitrogen and oxygen atoms in total. The number of sulfonamides is 1. The van der Waals surface area contributed by atoms with Gasteiger partial charge in [-0.2, -0.15) is 18.3 Å². The van der Waals surface area contributed by atoms with Gasteiger partial charge >= 0.3 is 6.18 Å². The molecule has 0 atom stereocenters. The number of benzene rings is 3. The predicted octanol–water partition coefficient (Wildman–Crippen LogP) is 9.65. The largest absolute Gasteiger partial charge is 0.477 e. The lowest BCUT2D eigenvalue weighted by Crippen LogP contribution is -2.47. The van der Waals surface area contributed by atoms with Gasteiger partial charge in [0.2, 0.25) is 5.88 Å². The molecule has 3 aliphatic rings. The van der Waals surface area contributed by atoms with Gasteiger partial charge in [0.15, 0.2) is 0 Å². The Morgan fingerprint density at radius 2 is 1.70 bits per heavy atom. The summed E-state index contributed by atoms with van der Waals surface area (Å²) in [5.41, 5.74) is 3.23. The van der Waals surface area contributed by atoms with Crippen LogP contribution in [0.2, 0.25) is 5.02 Å². The minimum Gasteiger partial charge on any atom is -0.477 e. The number of pyridine rings is 1. The average molecular weight is 921 g/mol. The molecule has 64 heavy (non-hydrogen) atoms. The van der Waals surface area contributed by atoms with Gasteiger partial charge < -0.3 is 19.5 Å². The molecular weight excluding hydrogens is 869 g/mol. The maximum atomic E-state index is 14.3. The summed E-state index contributed by atoms with van der Waals surface area (Å²) in [4.78, 5) is 21.4. The maximum Gasteiger partial charge on any atom is 0.421 e. The van der Waals surface area contributed by atoms with E-state index in [1.54, 1.807) is 43.5 Å². The van der Waals surface area contributed by atoms with Crippen molar-refractivity contribution in [2.75, 3.05) is 44.2 Å². The van der Waals surface area contributed by atoms with E-state index in [9.17, 15) is 31.5 Å². The summed E-state index contributed by atoms with van der Waals surface area (Å²) in [7, 11) is -4.89. The van der Waals surface area contributed by atoms with Crippen LogP contribution >= 0.6 is 11.6 Å². The van der Waals surface area contributed by atoms with Crippen LogP contribution in [0.3, 0.4) is 0 Å². The topological polar surface area (TPSA) is 150 Å². The van der Waals surface area contributed by atoms with Gasteiger partial charge in [0.25, 0.3) is 15.9 Å². The summed E-state index contributed by atoms with van der Waals surface area (Å²) in [6, 6.07) is 18.5. The Labute approximate surface area is 375 Å². The molecule has 0 unspecified atom stereocenters. The minimum atomic E-state index is -5.02. The van der Waals surface area contributed by atoms with Crippen LogP contribution in [0.1, 0.15) is 87.2 Å². The van der Waals surface area contributed by atoms with Gasteiger partial charge in [-0.15, -0.1) is 0 Å². The van der Waals surface area contributed by atoms with Crippen LogP contribution < -0.4 is 19.1 Å². The third-order valence-electron chi connectivity index (χ3n) is 12.7. The molecule has 3 N–H and O–H groups in total. The van der Waals surface area contributed by atoms with Crippen molar-refractivity contribution in [2.24, 2.45) is 11.3 Å². The number of hydrogen-bond donors (Lipinski definition) is 3. The first kappa shape index (κ1) is 45.4. The number of nitrogens with zero attached hydrogens (tertiary/aromatic N) is 4. The predicted molar refractivity (Wildman–Crippen MR) is 239 cm³/mol. The van der Waals surface area contributed by atoms with Crippen molar-refractivity contribution in [2.45, 2.75) is 82.4 Å². The van der Waals surface area contributed by atoms with Crippen molar-refractivity contribution in [3.8, 4) is 17.4 Å². The summed E-state index contributed by atoms with van der Waals surface area (Å²) >= 11 is 6.23. The Balaban J connectivity index is 1.01. The highest BCUT2D eigenvalue weighted by atomic mass is 35.5. The van der Waals surface area contributed by atoms with Crippen LogP contribution in [0.25, 0.3) is 16.5 Å². The van der Waals surface area contributed by atoms with E-state index >= 15 is 0 Å². The first-order valence-electron chi connectivity index (χ1n) is 21.5. The second-order valence-electron chi connectivity index (χ2n) is 18.3. The highest BCUT2D eigenvalue weighted by Crippen LogP contribution is 2.44. The lowest BCUT2D eigenvalue weighted by Gasteiger charge is -2.39. The zero-order chi connectivity index (χ0) is 45.4. The fourth-order valence-electron chi connectivity index (χ4n) is 8.82. The number of amides is 1. The molecule has 0 spiro atoms. The minimum absolute atomic E-state index is 0.0333. The van der Waals surface area contributed by atoms with Crippen LogP contribution in [0, 0.1) is 11.3 Å². The van der Waals surface area contributed by atoms with Crippen molar-refractivity contribution in [3.63, 3.8) is 0 Å². The lowest BCUT2D eigenvalue weighted by molar-refractivity contribution is -0.139. The van der Waals surface area contributed by atoms with E-state index in [0.29, 0.717) is 66.5 Å². The van der Waals surface area contributed by atoms with Crippen molar-refractivity contribution < 1.29 is 41.0 Å². The van der Waals surface area contributed by atoms with Crippen molar-refractivity contribution >= 4 is 49.7 Å². The highest BCUT2D eigenvalue weighted by Gasteiger charge is 2.38. The second kappa shape index (κ2) is 18.0. The van der Waals surface area contributed by atoms with Gasteiger partial charge in [-0.25, -0.2) is 18.1 Å². The fraction of sp³-hybridized carbons (Fsp3) is 0.426. The number of carbonyl (C=O) groups is 1. The summed E-state index contributed by atoms with van der Waals surface area (Å²) < 4.78 is 84.0. The summed E-state index contributed by atoms with van der Waals surface area (Å²) in [6.45, 7) is 9.98. The number of aliphatic hydroxyl groups is 1. The maximum absolute atomic E-state index is 14.3. The number of hydrogen-bond acceptors (Lipinski definition) is 10. The average Bonchev–Trinajstić information content (AvgIpc) is 3.74. The van der Waals surface area contributed by atoms with Crippen molar-refractivity contribution in [1.29, 1.82) is 0 Å². The SMILES string of the molecule is CC1(C)CCC(CN2CCN(c3ccc(C(=O)NS(=O)(=O)c4cnc(OC[C@H]5CC[C@@](C)(O)CC5)c(C(F)(F)F)c4)c(Oc4cccc5[nH]ncc45)c3)CC2)=C(c2ccc(Cl)cc2)C1. The number of H-pyrrole nitrogens is 1. The van der Waals surface area contributed by atoms with E-state index < -0.39 is 44.0 Å². The monoisotopic (exact) mass is 920 g/mol. The Morgan fingerprint density at radius 1 is 0.969 bits per heavy atom. The molecule has 340 valence electrons. The van der Waals surface area contributed by atoms with Gasteiger partial charge in [0.05, 0.1) is 41.1 Å². The third kappa shape index (κ3) is 10.5. The standard InChI is InChI=1S/C47H52ClF3N6O6S/c1-45(2)16-15-32(37(25-45)31-7-9-33(48)10-8-31)28-56-19-21-57(22-20-56)34-11-12-36(42(23-34)63-41-6-4-5-40-38(41)27-53-54-40)43(58)55-64(60,61)35-24-39(47(49,50)51)44(52-26-35)62-29-30-13-17-46(3,59)18-14-30/h4-12,23-24,26-27,30,59H,13-22,25,28-29H2,1-3H3,(H,53,54)(H,55,58)/t30-,46+. The van der Waals surface area contributed by atoms with Gasteiger partial charge in [0.1, 0.15) is 22.0 Å². The zero-order valence-electron chi connectivity index (χ0n) is 36.0. The molecule has 3 aromatic carbocycles. The van der Waals surface area contributed by atoms with Crippen molar-refractivity contribution in [3.05, 3.63) is 106 Å². The Kier molecular flexibility index (Phi) is 12.8. The number of ether oxygens (including phenoxy) is 2. The second-order valence-corrected chi connectivity index (χ2v) is 20.4. The summed E-state index contributed by atoms with van der Waals surface area (Å²) in [6.07, 6.45) is 2.46. The Morgan fingerprint density at radius 3 is 2.42 bits per heavy atom. The molecule has 0 bridgehead atoms. The number of aromatic amines is 1. The quantitative estimate of drug-likeness (QED) is 0.110. The Hall–Kier alpha value is -5.16. The third-order valence-corrected chi connectivity index (χ3v) is 14.3. The first-order valence-corrected chi connectivity index (χ1v) is 23.4. The van der Waals surface area contributed by atoms with Crippen molar-refractivity contribution in [1.82, 2.24) is 24.8 Å². The molecule has 3 heterocycles. The van der Waals surface area contributed by atoms with Gasteiger partial charge in [-0.3, -0.25) is 14.8 Å². The number of aromatic nitrogens is 3. The van der Waals surface area contributed by atoms with E-state index in [-0.39, 0.29) is 29.3 Å². The molecule has 2 aromatic heterocycles. The highest BCUT2D eigenvalue weighted by molar-refractivity contribution is 7.90. The normalized spacial score (nSPS) is 20.9. The molecule has 0 radical (unpaired) electrons. The molecule has 1 amide bonds. The molecule has 2 aliphatic carbocycles. The number of allylic oxidation sites excluding steroid dienone is 1. The number of halogens is 4. The number of nitrogens with one attached hydrogen (secondary N) is 2.